The number of hydrogen-bond acceptors (Lipinski definition) is 1. The molecule has 116 valence electrons. The van der Waals surface area contributed by atoms with Gasteiger partial charge in [0.2, 0.25) is 5.91 Å². The lowest BCUT2D eigenvalue weighted by atomic mass is 9.89. The van der Waals surface area contributed by atoms with Crippen molar-refractivity contribution in [3.63, 3.8) is 0 Å². The topological polar surface area (TPSA) is 20.3 Å². The van der Waals surface area contributed by atoms with Crippen LogP contribution in [-0.4, -0.2) is 30.1 Å². The number of rotatable bonds is 2. The molecule has 1 atom stereocenters. The first kappa shape index (κ1) is 15.7. The molecule has 0 spiro atoms. The first-order valence-corrected chi connectivity index (χ1v) is 6.17. The molecule has 0 aliphatic carbocycles. The Hall–Kier alpha value is -1.73. The number of benzene rings is 1. The number of nitrogens with zero attached hydrogens (tertiary/aromatic N) is 1. The van der Waals surface area contributed by atoms with Crippen molar-refractivity contribution >= 4 is 5.91 Å². The van der Waals surface area contributed by atoms with E-state index in [4.69, 9.17) is 0 Å². The van der Waals surface area contributed by atoms with Gasteiger partial charge in [0.25, 0.3) is 0 Å². The molecule has 1 saturated heterocycles. The van der Waals surface area contributed by atoms with Crippen LogP contribution in [0.2, 0.25) is 0 Å². The number of likely N-dealkylation sites (tertiary alicyclic amines) is 1. The second-order valence-corrected chi connectivity index (χ2v) is 4.88. The Morgan fingerprint density at radius 3 is 2.38 bits per heavy atom. The van der Waals surface area contributed by atoms with Crippen molar-refractivity contribution in [3.8, 4) is 0 Å². The number of carbonyl (C=O) groups excluding carboxylic acids is 1. The van der Waals surface area contributed by atoms with Crippen molar-refractivity contribution in [3.05, 3.63) is 35.1 Å². The maximum Gasteiger partial charge on any atom is 0.406 e. The average molecular weight is 311 g/mol. The molecular formula is C13H11F6NO. The van der Waals surface area contributed by atoms with Gasteiger partial charge in [-0.15, -0.1) is 0 Å². The van der Waals surface area contributed by atoms with E-state index in [0.717, 1.165) is 6.07 Å². The number of hydrogen-bond donors (Lipinski definition) is 0. The maximum atomic E-state index is 13.7. The maximum absolute atomic E-state index is 13.7. The van der Waals surface area contributed by atoms with E-state index in [1.807, 2.05) is 0 Å². The Labute approximate surface area is 116 Å². The van der Waals surface area contributed by atoms with Crippen LogP contribution in [0.3, 0.4) is 0 Å². The largest absolute Gasteiger partial charge is 0.406 e. The molecule has 1 amide bonds. The lowest BCUT2D eigenvalue weighted by Crippen LogP contribution is -2.44. The van der Waals surface area contributed by atoms with Crippen LogP contribution in [0.4, 0.5) is 26.3 Å². The molecule has 1 fully saturated rings. The Balaban J connectivity index is 2.26. The van der Waals surface area contributed by atoms with Gasteiger partial charge in [0.1, 0.15) is 12.4 Å². The van der Waals surface area contributed by atoms with E-state index in [2.05, 4.69) is 0 Å². The highest BCUT2D eigenvalue weighted by Gasteiger charge is 2.37. The highest BCUT2D eigenvalue weighted by Crippen LogP contribution is 2.33. The van der Waals surface area contributed by atoms with E-state index in [9.17, 15) is 31.1 Å². The van der Waals surface area contributed by atoms with Gasteiger partial charge in [-0.3, -0.25) is 4.79 Å². The predicted molar refractivity (Wildman–Crippen MR) is 60.9 cm³/mol. The van der Waals surface area contributed by atoms with E-state index < -0.39 is 54.1 Å². The first-order chi connectivity index (χ1) is 9.69. The van der Waals surface area contributed by atoms with Crippen molar-refractivity contribution < 1.29 is 31.1 Å². The summed E-state index contributed by atoms with van der Waals surface area (Å²) in [5.41, 5.74) is -0.602. The Morgan fingerprint density at radius 2 is 1.76 bits per heavy atom. The standard InChI is InChI=1S/C13H11F6NO/c14-8-2-3-9(15)12(16)11(8)7-1-4-10(21)20(5-7)6-13(17,18)19/h2-3,7H,1,4-6H2. The van der Waals surface area contributed by atoms with Crippen molar-refractivity contribution in [2.45, 2.75) is 24.9 Å². The van der Waals surface area contributed by atoms with E-state index >= 15 is 0 Å². The van der Waals surface area contributed by atoms with Crippen molar-refractivity contribution in [2.75, 3.05) is 13.1 Å². The van der Waals surface area contributed by atoms with Gasteiger partial charge in [-0.2, -0.15) is 13.2 Å². The van der Waals surface area contributed by atoms with Gasteiger partial charge < -0.3 is 4.90 Å². The monoisotopic (exact) mass is 311 g/mol. The van der Waals surface area contributed by atoms with E-state index in [0.29, 0.717) is 11.0 Å². The van der Waals surface area contributed by atoms with Crippen LogP contribution in [0.5, 0.6) is 0 Å². The fourth-order valence-corrected chi connectivity index (χ4v) is 2.44. The van der Waals surface area contributed by atoms with Crippen LogP contribution in [0.1, 0.15) is 24.3 Å². The Morgan fingerprint density at radius 1 is 1.14 bits per heavy atom. The summed E-state index contributed by atoms with van der Waals surface area (Å²) in [7, 11) is 0. The molecule has 0 saturated carbocycles. The number of halogens is 6. The smallest absolute Gasteiger partial charge is 0.333 e. The highest BCUT2D eigenvalue weighted by molar-refractivity contribution is 5.77. The van der Waals surface area contributed by atoms with Gasteiger partial charge in [0.15, 0.2) is 11.6 Å². The molecular weight excluding hydrogens is 300 g/mol. The number of carbonyl (C=O) groups is 1. The quantitative estimate of drug-likeness (QED) is 0.606. The third-order valence-corrected chi connectivity index (χ3v) is 3.36. The predicted octanol–water partition coefficient (Wildman–Crippen LogP) is 3.37. The third kappa shape index (κ3) is 3.48. The molecule has 8 heteroatoms. The van der Waals surface area contributed by atoms with Crippen LogP contribution in [0.15, 0.2) is 12.1 Å². The third-order valence-electron chi connectivity index (χ3n) is 3.36. The normalized spacial score (nSPS) is 20.0. The Kier molecular flexibility index (Phi) is 4.15. The average Bonchev–Trinajstić information content (AvgIpc) is 2.36. The van der Waals surface area contributed by atoms with Gasteiger partial charge in [0, 0.05) is 24.4 Å². The van der Waals surface area contributed by atoms with Crippen LogP contribution in [0, 0.1) is 17.5 Å². The molecule has 2 nitrogen and oxygen atoms in total. The van der Waals surface area contributed by atoms with Crippen molar-refractivity contribution in [1.82, 2.24) is 4.90 Å². The van der Waals surface area contributed by atoms with Crippen LogP contribution < -0.4 is 0 Å². The minimum atomic E-state index is -4.60. The number of piperidine rings is 1. The molecule has 0 bridgehead atoms. The lowest BCUT2D eigenvalue weighted by Gasteiger charge is -2.33. The molecule has 0 radical (unpaired) electrons. The van der Waals surface area contributed by atoms with Crippen LogP contribution in [-0.2, 0) is 4.79 Å². The fourth-order valence-electron chi connectivity index (χ4n) is 2.44. The first-order valence-electron chi connectivity index (χ1n) is 6.17. The van der Waals surface area contributed by atoms with E-state index in [1.165, 1.54) is 0 Å². The fraction of sp³-hybridized carbons (Fsp3) is 0.462. The zero-order valence-electron chi connectivity index (χ0n) is 10.7. The zero-order chi connectivity index (χ0) is 15.8. The summed E-state index contributed by atoms with van der Waals surface area (Å²) in [4.78, 5) is 11.9. The molecule has 1 heterocycles. The van der Waals surface area contributed by atoms with Gasteiger partial charge in [-0.05, 0) is 18.6 Å². The van der Waals surface area contributed by atoms with Gasteiger partial charge >= 0.3 is 6.18 Å². The summed E-state index contributed by atoms with van der Waals surface area (Å²) < 4.78 is 77.6. The van der Waals surface area contributed by atoms with Crippen molar-refractivity contribution in [2.24, 2.45) is 0 Å². The van der Waals surface area contributed by atoms with Crippen LogP contribution >= 0.6 is 0 Å². The van der Waals surface area contributed by atoms with Gasteiger partial charge in [-0.25, -0.2) is 13.2 Å². The summed E-state index contributed by atoms with van der Waals surface area (Å²) in [5.74, 6) is -5.45. The summed E-state index contributed by atoms with van der Waals surface area (Å²) in [6.45, 7) is -1.98. The second kappa shape index (κ2) is 5.57. The lowest BCUT2D eigenvalue weighted by molar-refractivity contribution is -0.164. The van der Waals surface area contributed by atoms with E-state index in [1.54, 1.807) is 0 Å². The van der Waals surface area contributed by atoms with Gasteiger partial charge in [-0.1, -0.05) is 0 Å². The molecule has 1 aromatic rings. The molecule has 21 heavy (non-hydrogen) atoms. The molecule has 1 unspecified atom stereocenters. The van der Waals surface area contributed by atoms with Gasteiger partial charge in [0.05, 0.1) is 0 Å². The molecule has 0 N–H and O–H groups in total. The summed E-state index contributed by atoms with van der Waals surface area (Å²) in [6, 6.07) is 1.33. The summed E-state index contributed by atoms with van der Waals surface area (Å²) in [6.07, 6.45) is -4.89. The SMILES string of the molecule is O=C1CCC(c2c(F)ccc(F)c2F)CN1CC(F)(F)F. The summed E-state index contributed by atoms with van der Waals surface area (Å²) in [5, 5.41) is 0. The zero-order valence-corrected chi connectivity index (χ0v) is 10.7. The molecule has 0 aromatic heterocycles. The number of amides is 1. The second-order valence-electron chi connectivity index (χ2n) is 4.88. The molecule has 1 aliphatic rings. The van der Waals surface area contributed by atoms with E-state index in [-0.39, 0.29) is 12.8 Å². The molecule has 1 aliphatic heterocycles. The van der Waals surface area contributed by atoms with Crippen molar-refractivity contribution in [1.29, 1.82) is 0 Å². The summed E-state index contributed by atoms with van der Waals surface area (Å²) >= 11 is 0. The number of alkyl halides is 3. The molecule has 1 aromatic carbocycles. The van der Waals surface area contributed by atoms with Crippen LogP contribution in [0.25, 0.3) is 0 Å². The Bertz CT molecular complexity index is 556. The molecule has 2 rings (SSSR count). The minimum Gasteiger partial charge on any atom is -0.333 e. The highest BCUT2D eigenvalue weighted by atomic mass is 19.4. The minimum absolute atomic E-state index is 0.0233.